The van der Waals surface area contributed by atoms with Crippen LogP contribution in [0.25, 0.3) is 6.08 Å². The minimum absolute atomic E-state index is 0.162. The molecular formula is C16H21F3N2O. The molecule has 0 bridgehead atoms. The van der Waals surface area contributed by atoms with Crippen molar-refractivity contribution in [1.29, 1.82) is 0 Å². The maximum atomic E-state index is 12.6. The molecule has 1 aliphatic carbocycles. The first-order valence-electron chi connectivity index (χ1n) is 7.53. The number of hydrogen-bond acceptors (Lipinski definition) is 3. The van der Waals surface area contributed by atoms with E-state index in [-0.39, 0.29) is 18.8 Å². The molecule has 6 heteroatoms. The molecule has 2 N–H and O–H groups in total. The highest BCUT2D eigenvalue weighted by atomic mass is 19.4. The molecular weight excluding hydrogens is 293 g/mol. The van der Waals surface area contributed by atoms with Crippen LogP contribution in [0.2, 0.25) is 0 Å². The number of nitrogens with two attached hydrogens (primary N) is 1. The quantitative estimate of drug-likeness (QED) is 0.893. The van der Waals surface area contributed by atoms with Gasteiger partial charge in [0, 0.05) is 5.56 Å². The van der Waals surface area contributed by atoms with Crippen molar-refractivity contribution in [2.24, 2.45) is 11.8 Å². The number of halogens is 3. The summed E-state index contributed by atoms with van der Waals surface area (Å²) in [6, 6.07) is 1.76. The summed E-state index contributed by atoms with van der Waals surface area (Å²) >= 11 is 0. The number of allylic oxidation sites excluding steroid dienone is 1. The molecule has 0 aliphatic heterocycles. The number of pyridine rings is 1. The predicted octanol–water partition coefficient (Wildman–Crippen LogP) is 4.44. The summed E-state index contributed by atoms with van der Waals surface area (Å²) in [5.74, 6) is -0.489. The van der Waals surface area contributed by atoms with E-state index in [4.69, 9.17) is 10.5 Å². The molecule has 1 aliphatic rings. The monoisotopic (exact) mass is 314 g/mol. The van der Waals surface area contributed by atoms with E-state index < -0.39 is 12.1 Å². The average Bonchev–Trinajstić information content (AvgIpc) is 2.47. The normalized spacial score (nSPS) is 22.9. The summed E-state index contributed by atoms with van der Waals surface area (Å²) in [6.07, 6.45) is 2.78. The maximum Gasteiger partial charge on any atom is 0.391 e. The van der Waals surface area contributed by atoms with Crippen LogP contribution in [0.4, 0.5) is 18.9 Å². The van der Waals surface area contributed by atoms with Crippen molar-refractivity contribution in [1.82, 2.24) is 4.98 Å². The van der Waals surface area contributed by atoms with E-state index in [0.29, 0.717) is 31.0 Å². The molecule has 22 heavy (non-hydrogen) atoms. The molecule has 1 aromatic heterocycles. The second-order valence-electron chi connectivity index (χ2n) is 5.61. The number of hydrogen-bond donors (Lipinski definition) is 1. The standard InChI is InChI=1S/C16H21F3N2O/c1-2-22-15-12(9-14(20)10-21-15)6-3-11-4-7-13(8-5-11)16(17,18)19/h3,6,9-11,13H,2,4-5,7-8,20H2,1H3/b6-3+. The van der Waals surface area contributed by atoms with Crippen LogP contribution < -0.4 is 10.5 Å². The van der Waals surface area contributed by atoms with E-state index in [1.165, 1.54) is 6.20 Å². The molecule has 1 heterocycles. The van der Waals surface area contributed by atoms with Crippen molar-refractivity contribution in [3.63, 3.8) is 0 Å². The molecule has 0 atom stereocenters. The lowest BCUT2D eigenvalue weighted by Crippen LogP contribution is -2.27. The lowest BCUT2D eigenvalue weighted by molar-refractivity contribution is -0.183. The van der Waals surface area contributed by atoms with E-state index >= 15 is 0 Å². The van der Waals surface area contributed by atoms with Crippen molar-refractivity contribution in [3.05, 3.63) is 23.9 Å². The zero-order valence-electron chi connectivity index (χ0n) is 12.6. The van der Waals surface area contributed by atoms with Crippen LogP contribution in [0.3, 0.4) is 0 Å². The fourth-order valence-corrected chi connectivity index (χ4v) is 2.74. The molecule has 0 amide bonds. The Hall–Kier alpha value is -1.72. The zero-order valence-corrected chi connectivity index (χ0v) is 12.6. The van der Waals surface area contributed by atoms with Crippen LogP contribution in [0, 0.1) is 11.8 Å². The van der Waals surface area contributed by atoms with Crippen molar-refractivity contribution < 1.29 is 17.9 Å². The third-order valence-corrected chi connectivity index (χ3v) is 3.96. The Morgan fingerprint density at radius 3 is 2.59 bits per heavy atom. The second kappa shape index (κ2) is 7.03. The fraction of sp³-hybridized carbons (Fsp3) is 0.562. The van der Waals surface area contributed by atoms with Gasteiger partial charge in [-0.1, -0.05) is 12.2 Å². The summed E-state index contributed by atoms with van der Waals surface area (Å²) in [5.41, 5.74) is 7.02. The first-order valence-corrected chi connectivity index (χ1v) is 7.53. The number of ether oxygens (including phenoxy) is 1. The van der Waals surface area contributed by atoms with Crippen molar-refractivity contribution in [2.75, 3.05) is 12.3 Å². The van der Waals surface area contributed by atoms with Gasteiger partial charge in [0.05, 0.1) is 24.4 Å². The molecule has 1 aromatic rings. The van der Waals surface area contributed by atoms with Crippen molar-refractivity contribution in [2.45, 2.75) is 38.8 Å². The van der Waals surface area contributed by atoms with Gasteiger partial charge in [0.25, 0.3) is 0 Å². The van der Waals surface area contributed by atoms with Crippen LogP contribution in [0.1, 0.15) is 38.2 Å². The lowest BCUT2D eigenvalue weighted by atomic mass is 9.81. The third-order valence-electron chi connectivity index (χ3n) is 3.96. The van der Waals surface area contributed by atoms with Gasteiger partial charge in [0.1, 0.15) is 0 Å². The Morgan fingerprint density at radius 2 is 2.00 bits per heavy atom. The highest BCUT2D eigenvalue weighted by molar-refractivity contribution is 5.59. The topological polar surface area (TPSA) is 48.1 Å². The first-order chi connectivity index (χ1) is 10.4. The maximum absolute atomic E-state index is 12.6. The third kappa shape index (κ3) is 4.39. The molecule has 1 saturated carbocycles. The Bertz CT molecular complexity index is 521. The van der Waals surface area contributed by atoms with Crippen molar-refractivity contribution in [3.8, 4) is 5.88 Å². The van der Waals surface area contributed by atoms with Crippen LogP contribution >= 0.6 is 0 Å². The van der Waals surface area contributed by atoms with E-state index in [2.05, 4.69) is 4.98 Å². The minimum Gasteiger partial charge on any atom is -0.478 e. The average molecular weight is 314 g/mol. The number of nitrogen functional groups attached to an aromatic ring is 1. The Morgan fingerprint density at radius 1 is 1.32 bits per heavy atom. The summed E-state index contributed by atoms with van der Waals surface area (Å²) in [5, 5.41) is 0. The smallest absolute Gasteiger partial charge is 0.391 e. The van der Waals surface area contributed by atoms with Gasteiger partial charge in [-0.25, -0.2) is 4.98 Å². The van der Waals surface area contributed by atoms with Crippen LogP contribution in [-0.4, -0.2) is 17.8 Å². The van der Waals surface area contributed by atoms with Crippen LogP contribution in [0.15, 0.2) is 18.3 Å². The highest BCUT2D eigenvalue weighted by Gasteiger charge is 2.40. The molecule has 122 valence electrons. The molecule has 0 unspecified atom stereocenters. The van der Waals surface area contributed by atoms with Gasteiger partial charge in [-0.15, -0.1) is 0 Å². The molecule has 2 rings (SSSR count). The van der Waals surface area contributed by atoms with Gasteiger partial charge in [-0.3, -0.25) is 0 Å². The Labute approximate surface area is 128 Å². The molecule has 3 nitrogen and oxygen atoms in total. The molecule has 0 aromatic carbocycles. The molecule has 0 saturated heterocycles. The molecule has 1 fully saturated rings. The van der Waals surface area contributed by atoms with E-state index in [9.17, 15) is 13.2 Å². The van der Waals surface area contributed by atoms with Gasteiger partial charge < -0.3 is 10.5 Å². The van der Waals surface area contributed by atoms with Crippen molar-refractivity contribution >= 4 is 11.8 Å². The molecule has 0 spiro atoms. The Balaban J connectivity index is 2.00. The molecule has 0 radical (unpaired) electrons. The summed E-state index contributed by atoms with van der Waals surface area (Å²) in [6.45, 7) is 2.36. The summed E-state index contributed by atoms with van der Waals surface area (Å²) in [4.78, 5) is 4.13. The van der Waals surface area contributed by atoms with E-state index in [0.717, 1.165) is 5.56 Å². The fourth-order valence-electron chi connectivity index (χ4n) is 2.74. The predicted molar refractivity (Wildman–Crippen MR) is 80.4 cm³/mol. The van der Waals surface area contributed by atoms with Gasteiger partial charge in [0.15, 0.2) is 0 Å². The number of aromatic nitrogens is 1. The summed E-state index contributed by atoms with van der Waals surface area (Å²) in [7, 11) is 0. The van der Waals surface area contributed by atoms with E-state index in [1.54, 1.807) is 6.07 Å². The zero-order chi connectivity index (χ0) is 16.2. The van der Waals surface area contributed by atoms with Crippen LogP contribution in [0.5, 0.6) is 5.88 Å². The van der Waals surface area contributed by atoms with Gasteiger partial charge in [-0.05, 0) is 44.6 Å². The minimum atomic E-state index is -4.06. The first kappa shape index (κ1) is 16.6. The summed E-state index contributed by atoms with van der Waals surface area (Å²) < 4.78 is 43.4. The number of anilines is 1. The SMILES string of the molecule is CCOc1ncc(N)cc1/C=C/C1CCC(C(F)(F)F)CC1. The highest BCUT2D eigenvalue weighted by Crippen LogP contribution is 2.40. The van der Waals surface area contributed by atoms with Gasteiger partial charge >= 0.3 is 6.18 Å². The second-order valence-corrected chi connectivity index (χ2v) is 5.61. The Kier molecular flexibility index (Phi) is 5.32. The van der Waals surface area contributed by atoms with Crippen LogP contribution in [-0.2, 0) is 0 Å². The number of nitrogens with zero attached hydrogens (tertiary/aromatic N) is 1. The number of alkyl halides is 3. The van der Waals surface area contributed by atoms with Gasteiger partial charge in [-0.2, -0.15) is 13.2 Å². The lowest BCUT2D eigenvalue weighted by Gasteiger charge is -2.28. The van der Waals surface area contributed by atoms with E-state index in [1.807, 2.05) is 19.1 Å². The largest absolute Gasteiger partial charge is 0.478 e. The van der Waals surface area contributed by atoms with Gasteiger partial charge in [0.2, 0.25) is 5.88 Å². The number of rotatable bonds is 4.